The first-order valence-corrected chi connectivity index (χ1v) is 7.34. The zero-order valence-corrected chi connectivity index (χ0v) is 12.3. The van der Waals surface area contributed by atoms with E-state index in [-0.39, 0.29) is 17.9 Å². The monoisotopic (exact) mass is 300 g/mol. The molecule has 4 nitrogen and oxygen atoms in total. The fourth-order valence-electron chi connectivity index (χ4n) is 2.35. The average molecular weight is 300 g/mol. The van der Waals surface area contributed by atoms with Gasteiger partial charge in [0.1, 0.15) is 11.3 Å². The SMILES string of the molecule is O=C(O)c1cc(CCc2ccc(CCCO)cc2)ccc1O. The molecule has 22 heavy (non-hydrogen) atoms. The Kier molecular flexibility index (Phi) is 5.55. The van der Waals surface area contributed by atoms with Crippen LogP contribution in [0.15, 0.2) is 42.5 Å². The van der Waals surface area contributed by atoms with E-state index in [2.05, 4.69) is 24.3 Å². The van der Waals surface area contributed by atoms with Gasteiger partial charge >= 0.3 is 5.97 Å². The molecule has 0 aliphatic heterocycles. The van der Waals surface area contributed by atoms with Crippen LogP contribution in [0.3, 0.4) is 0 Å². The molecule has 0 saturated carbocycles. The van der Waals surface area contributed by atoms with Crippen molar-refractivity contribution in [2.75, 3.05) is 6.61 Å². The summed E-state index contributed by atoms with van der Waals surface area (Å²) in [4.78, 5) is 11.0. The van der Waals surface area contributed by atoms with Crippen LogP contribution in [0.2, 0.25) is 0 Å². The fraction of sp³-hybridized carbons (Fsp3) is 0.278. The van der Waals surface area contributed by atoms with Crippen molar-refractivity contribution in [3.05, 3.63) is 64.7 Å². The van der Waals surface area contributed by atoms with Crippen LogP contribution in [-0.4, -0.2) is 27.9 Å². The second-order valence-corrected chi connectivity index (χ2v) is 5.30. The minimum absolute atomic E-state index is 0.0585. The summed E-state index contributed by atoms with van der Waals surface area (Å²) in [7, 11) is 0. The Hall–Kier alpha value is -2.33. The summed E-state index contributed by atoms with van der Waals surface area (Å²) in [6.07, 6.45) is 3.17. The van der Waals surface area contributed by atoms with Gasteiger partial charge in [-0.3, -0.25) is 0 Å². The third kappa shape index (κ3) is 4.33. The maximum atomic E-state index is 11.0. The van der Waals surface area contributed by atoms with Crippen LogP contribution < -0.4 is 0 Å². The van der Waals surface area contributed by atoms with E-state index < -0.39 is 5.97 Å². The van der Waals surface area contributed by atoms with E-state index in [0.717, 1.165) is 31.2 Å². The number of aryl methyl sites for hydroxylation is 3. The van der Waals surface area contributed by atoms with Gasteiger partial charge < -0.3 is 15.3 Å². The number of hydrogen-bond acceptors (Lipinski definition) is 3. The Morgan fingerprint density at radius 3 is 2.00 bits per heavy atom. The Balaban J connectivity index is 1.98. The number of carbonyl (C=O) groups is 1. The Labute approximate surface area is 129 Å². The second kappa shape index (κ2) is 7.61. The molecule has 0 spiro atoms. The summed E-state index contributed by atoms with van der Waals surface area (Å²) in [6.45, 7) is 0.203. The molecule has 0 unspecified atom stereocenters. The Morgan fingerprint density at radius 1 is 0.864 bits per heavy atom. The molecule has 4 heteroatoms. The molecule has 0 aromatic heterocycles. The minimum Gasteiger partial charge on any atom is -0.507 e. The molecule has 0 bridgehead atoms. The fourth-order valence-corrected chi connectivity index (χ4v) is 2.35. The zero-order valence-electron chi connectivity index (χ0n) is 12.3. The molecule has 0 heterocycles. The lowest BCUT2D eigenvalue weighted by Gasteiger charge is -2.06. The lowest BCUT2D eigenvalue weighted by molar-refractivity contribution is 0.0693. The van der Waals surface area contributed by atoms with Crippen molar-refractivity contribution < 1.29 is 20.1 Å². The number of carboxylic acid groups (broad SMARTS) is 1. The number of aliphatic hydroxyl groups is 1. The third-order valence-electron chi connectivity index (χ3n) is 3.64. The zero-order chi connectivity index (χ0) is 15.9. The molecule has 0 radical (unpaired) electrons. The lowest BCUT2D eigenvalue weighted by atomic mass is 10.0. The summed E-state index contributed by atoms with van der Waals surface area (Å²) < 4.78 is 0. The van der Waals surface area contributed by atoms with Crippen molar-refractivity contribution in [2.24, 2.45) is 0 Å². The van der Waals surface area contributed by atoms with Crippen LogP contribution in [0.4, 0.5) is 0 Å². The molecule has 0 aliphatic rings. The first-order chi connectivity index (χ1) is 10.6. The standard InChI is InChI=1S/C18H20O4/c19-11-1-2-13-3-5-14(6-4-13)7-8-15-9-10-17(20)16(12-15)18(21)22/h3-6,9-10,12,19-20H,1-2,7-8,11H2,(H,21,22). The van der Waals surface area contributed by atoms with Crippen molar-refractivity contribution in [1.82, 2.24) is 0 Å². The van der Waals surface area contributed by atoms with E-state index in [1.807, 2.05) is 0 Å². The van der Waals surface area contributed by atoms with Crippen LogP contribution in [0, 0.1) is 0 Å². The van der Waals surface area contributed by atoms with E-state index in [1.165, 1.54) is 23.3 Å². The predicted octanol–water partition coefficient (Wildman–Crippen LogP) is 2.80. The summed E-state index contributed by atoms with van der Waals surface area (Å²) in [5.74, 6) is -1.32. The van der Waals surface area contributed by atoms with Crippen molar-refractivity contribution in [1.29, 1.82) is 0 Å². The van der Waals surface area contributed by atoms with E-state index in [4.69, 9.17) is 10.2 Å². The smallest absolute Gasteiger partial charge is 0.339 e. The normalized spacial score (nSPS) is 10.6. The highest BCUT2D eigenvalue weighted by molar-refractivity contribution is 5.90. The molecule has 0 amide bonds. The number of benzene rings is 2. The van der Waals surface area contributed by atoms with E-state index in [1.54, 1.807) is 6.07 Å². The molecule has 3 N–H and O–H groups in total. The largest absolute Gasteiger partial charge is 0.507 e. The number of aromatic carboxylic acids is 1. The maximum absolute atomic E-state index is 11.0. The van der Waals surface area contributed by atoms with Gasteiger partial charge in [-0.25, -0.2) is 4.79 Å². The average Bonchev–Trinajstić information content (AvgIpc) is 2.53. The number of hydrogen-bond donors (Lipinski definition) is 3. The summed E-state index contributed by atoms with van der Waals surface area (Å²) >= 11 is 0. The summed E-state index contributed by atoms with van der Waals surface area (Å²) in [5.41, 5.74) is 3.21. The molecule has 0 aliphatic carbocycles. The Bertz CT molecular complexity index is 632. The minimum atomic E-state index is -1.12. The molecule has 0 atom stereocenters. The number of aromatic hydroxyl groups is 1. The highest BCUT2D eigenvalue weighted by atomic mass is 16.4. The first kappa shape index (κ1) is 16.0. The second-order valence-electron chi connectivity index (χ2n) is 5.30. The number of aliphatic hydroxyl groups excluding tert-OH is 1. The topological polar surface area (TPSA) is 77.8 Å². The predicted molar refractivity (Wildman–Crippen MR) is 84.3 cm³/mol. The van der Waals surface area contributed by atoms with Gasteiger partial charge in [-0.15, -0.1) is 0 Å². The highest BCUT2D eigenvalue weighted by Gasteiger charge is 2.10. The van der Waals surface area contributed by atoms with Gasteiger partial charge in [0.15, 0.2) is 0 Å². The molecule has 0 saturated heterocycles. The van der Waals surface area contributed by atoms with Crippen LogP contribution in [0.25, 0.3) is 0 Å². The van der Waals surface area contributed by atoms with Gasteiger partial charge in [0.05, 0.1) is 0 Å². The van der Waals surface area contributed by atoms with E-state index in [0.29, 0.717) is 0 Å². The summed E-state index contributed by atoms with van der Waals surface area (Å²) in [6, 6.07) is 12.9. The van der Waals surface area contributed by atoms with Crippen LogP contribution >= 0.6 is 0 Å². The molecular formula is C18H20O4. The van der Waals surface area contributed by atoms with Gasteiger partial charge in [0, 0.05) is 6.61 Å². The number of rotatable bonds is 7. The lowest BCUT2D eigenvalue weighted by Crippen LogP contribution is -1.99. The quantitative estimate of drug-likeness (QED) is 0.735. The van der Waals surface area contributed by atoms with Crippen LogP contribution in [0.1, 0.15) is 33.5 Å². The molecule has 116 valence electrons. The van der Waals surface area contributed by atoms with Crippen LogP contribution in [0.5, 0.6) is 5.75 Å². The molecule has 0 fully saturated rings. The van der Waals surface area contributed by atoms with Crippen molar-refractivity contribution >= 4 is 5.97 Å². The van der Waals surface area contributed by atoms with Gasteiger partial charge in [-0.1, -0.05) is 30.3 Å². The highest BCUT2D eigenvalue weighted by Crippen LogP contribution is 2.19. The number of carboxylic acids is 1. The van der Waals surface area contributed by atoms with Gasteiger partial charge in [-0.2, -0.15) is 0 Å². The van der Waals surface area contributed by atoms with Crippen LogP contribution in [-0.2, 0) is 19.3 Å². The summed E-state index contributed by atoms with van der Waals surface area (Å²) in [5, 5.41) is 27.3. The Morgan fingerprint density at radius 2 is 1.41 bits per heavy atom. The van der Waals surface area contributed by atoms with Crippen molar-refractivity contribution in [3.8, 4) is 5.75 Å². The molecule has 2 aromatic rings. The maximum Gasteiger partial charge on any atom is 0.339 e. The van der Waals surface area contributed by atoms with E-state index in [9.17, 15) is 9.90 Å². The molecular weight excluding hydrogens is 280 g/mol. The third-order valence-corrected chi connectivity index (χ3v) is 3.64. The van der Waals surface area contributed by atoms with Crippen molar-refractivity contribution in [3.63, 3.8) is 0 Å². The van der Waals surface area contributed by atoms with Crippen molar-refractivity contribution in [2.45, 2.75) is 25.7 Å². The van der Waals surface area contributed by atoms with E-state index >= 15 is 0 Å². The molecule has 2 aromatic carbocycles. The van der Waals surface area contributed by atoms with Gasteiger partial charge in [0.25, 0.3) is 0 Å². The van der Waals surface area contributed by atoms with Gasteiger partial charge in [-0.05, 0) is 54.5 Å². The first-order valence-electron chi connectivity index (χ1n) is 7.34. The number of phenols is 1. The molecule has 2 rings (SSSR count). The van der Waals surface area contributed by atoms with Gasteiger partial charge in [0.2, 0.25) is 0 Å².